The molecule has 0 amide bonds. The van der Waals surface area contributed by atoms with Gasteiger partial charge in [-0.2, -0.15) is 0 Å². The maximum Gasteiger partial charge on any atom is 0.0113 e. The molecule has 2 fully saturated rings. The molecule has 1 heteroatoms. The first-order valence-corrected chi connectivity index (χ1v) is 6.03. The van der Waals surface area contributed by atoms with Crippen molar-refractivity contribution in [3.8, 4) is 0 Å². The normalized spacial score (nSPS) is 27.9. The average molecular weight is 183 g/mol. The van der Waals surface area contributed by atoms with E-state index in [-0.39, 0.29) is 0 Å². The molecule has 0 N–H and O–H groups in total. The molecule has 0 radical (unpaired) electrons. The van der Waals surface area contributed by atoms with Crippen LogP contribution in [0.4, 0.5) is 0 Å². The molecule has 78 valence electrons. The smallest absolute Gasteiger partial charge is 0.0113 e. The van der Waals surface area contributed by atoms with Gasteiger partial charge in [0.2, 0.25) is 0 Å². The summed E-state index contributed by atoms with van der Waals surface area (Å²) in [6, 6.07) is 1.97. The molecule has 0 aromatic rings. The molecule has 0 bridgehead atoms. The van der Waals surface area contributed by atoms with Crippen molar-refractivity contribution in [1.82, 2.24) is 4.90 Å². The monoisotopic (exact) mass is 183 g/mol. The van der Waals surface area contributed by atoms with Gasteiger partial charge in [0.15, 0.2) is 0 Å². The Hall–Kier alpha value is -0.0400. The first-order chi connectivity index (χ1) is 6.27. The summed E-state index contributed by atoms with van der Waals surface area (Å²) in [5.74, 6) is 0.890. The van der Waals surface area contributed by atoms with E-state index in [1.807, 2.05) is 13.8 Å². The largest absolute Gasteiger partial charge is 0.297 e. The second kappa shape index (κ2) is 4.99. The van der Waals surface area contributed by atoms with Crippen molar-refractivity contribution in [2.75, 3.05) is 6.54 Å². The van der Waals surface area contributed by atoms with Crippen LogP contribution in [0.3, 0.4) is 0 Å². The fraction of sp³-hybridized carbons (Fsp3) is 1.00. The Morgan fingerprint density at radius 3 is 2.08 bits per heavy atom. The van der Waals surface area contributed by atoms with E-state index in [0.29, 0.717) is 0 Å². The Labute approximate surface area is 83.5 Å². The van der Waals surface area contributed by atoms with Crippen LogP contribution in [0.15, 0.2) is 0 Å². The summed E-state index contributed by atoms with van der Waals surface area (Å²) in [7, 11) is 0. The van der Waals surface area contributed by atoms with Gasteiger partial charge >= 0.3 is 0 Å². The fourth-order valence-corrected chi connectivity index (χ4v) is 2.15. The zero-order valence-corrected chi connectivity index (χ0v) is 9.71. The number of hydrogen-bond acceptors (Lipinski definition) is 1. The van der Waals surface area contributed by atoms with Crippen molar-refractivity contribution in [1.29, 1.82) is 0 Å². The zero-order chi connectivity index (χ0) is 9.84. The van der Waals surface area contributed by atoms with Gasteiger partial charge in [-0.25, -0.2) is 0 Å². The molecule has 1 aliphatic heterocycles. The topological polar surface area (TPSA) is 3.24 Å². The summed E-state index contributed by atoms with van der Waals surface area (Å²) in [4.78, 5) is 2.72. The maximum atomic E-state index is 2.72. The quantitative estimate of drug-likeness (QED) is 0.649. The van der Waals surface area contributed by atoms with Gasteiger partial charge in [-0.3, -0.25) is 4.90 Å². The molecular weight excluding hydrogens is 158 g/mol. The van der Waals surface area contributed by atoms with Crippen molar-refractivity contribution >= 4 is 0 Å². The van der Waals surface area contributed by atoms with Crippen LogP contribution in [-0.2, 0) is 0 Å². The highest BCUT2D eigenvalue weighted by atomic mass is 15.3. The summed E-state index contributed by atoms with van der Waals surface area (Å²) >= 11 is 0. The van der Waals surface area contributed by atoms with Crippen LogP contribution in [-0.4, -0.2) is 23.5 Å². The van der Waals surface area contributed by atoms with Gasteiger partial charge in [-0.15, -0.1) is 0 Å². The number of likely N-dealkylation sites (tertiary alicyclic amines) is 1. The van der Waals surface area contributed by atoms with Gasteiger partial charge in [-0.05, 0) is 31.6 Å². The van der Waals surface area contributed by atoms with Gasteiger partial charge in [0.05, 0.1) is 0 Å². The van der Waals surface area contributed by atoms with Crippen molar-refractivity contribution in [3.63, 3.8) is 0 Å². The lowest BCUT2D eigenvalue weighted by molar-refractivity contribution is 0.0655. The molecule has 0 aromatic carbocycles. The molecule has 0 aromatic heterocycles. The fourth-order valence-electron chi connectivity index (χ4n) is 2.15. The van der Waals surface area contributed by atoms with Crippen LogP contribution >= 0.6 is 0 Å². The van der Waals surface area contributed by atoms with E-state index in [1.54, 1.807) is 0 Å². The van der Waals surface area contributed by atoms with Crippen LogP contribution in [0.5, 0.6) is 0 Å². The van der Waals surface area contributed by atoms with Crippen LogP contribution in [0.25, 0.3) is 0 Å². The van der Waals surface area contributed by atoms with E-state index in [2.05, 4.69) is 18.7 Å². The molecule has 1 aliphatic carbocycles. The predicted octanol–water partition coefficient (Wildman–Crippen LogP) is 3.30. The van der Waals surface area contributed by atoms with Gasteiger partial charge in [0.25, 0.3) is 0 Å². The summed E-state index contributed by atoms with van der Waals surface area (Å²) in [5.41, 5.74) is 0. The van der Waals surface area contributed by atoms with E-state index in [4.69, 9.17) is 0 Å². The third-order valence-electron chi connectivity index (χ3n) is 2.95. The molecule has 1 saturated heterocycles. The highest BCUT2D eigenvalue weighted by Gasteiger charge is 2.39. The zero-order valence-electron chi connectivity index (χ0n) is 9.71. The summed E-state index contributed by atoms with van der Waals surface area (Å²) in [6.07, 6.45) is 5.86. The maximum absolute atomic E-state index is 2.72. The molecule has 1 nitrogen and oxygen atoms in total. The Morgan fingerprint density at radius 2 is 1.77 bits per heavy atom. The molecule has 0 spiro atoms. The molecular formula is C12H25N. The van der Waals surface area contributed by atoms with Gasteiger partial charge in [0.1, 0.15) is 0 Å². The second-order valence-corrected chi connectivity index (χ2v) is 4.54. The summed E-state index contributed by atoms with van der Waals surface area (Å²) in [5, 5.41) is 0. The summed E-state index contributed by atoms with van der Waals surface area (Å²) < 4.78 is 0. The number of nitrogens with zero attached hydrogens (tertiary/aromatic N) is 1. The van der Waals surface area contributed by atoms with E-state index in [9.17, 15) is 0 Å². The molecule has 1 saturated carbocycles. The lowest BCUT2D eigenvalue weighted by Gasteiger charge is -2.42. The number of hydrogen-bond donors (Lipinski definition) is 0. The molecule has 13 heavy (non-hydrogen) atoms. The number of rotatable bonds is 3. The standard InChI is InChI=1S/C10H19N.C2H6/c1-8(2)7-10-5-6-11(10)9-3-4-9;1-2/h8-10H,3-7H2,1-2H3;1-2H3. The van der Waals surface area contributed by atoms with Crippen molar-refractivity contribution in [2.24, 2.45) is 5.92 Å². The van der Waals surface area contributed by atoms with Crippen LogP contribution in [0, 0.1) is 5.92 Å². The minimum absolute atomic E-state index is 0.890. The highest BCUT2D eigenvalue weighted by molar-refractivity contribution is 4.94. The first-order valence-electron chi connectivity index (χ1n) is 6.03. The van der Waals surface area contributed by atoms with Crippen molar-refractivity contribution in [3.05, 3.63) is 0 Å². The van der Waals surface area contributed by atoms with Gasteiger partial charge in [-0.1, -0.05) is 27.7 Å². The van der Waals surface area contributed by atoms with E-state index in [1.165, 1.54) is 32.2 Å². The SMILES string of the molecule is CC.CC(C)CC1CCN1C1CC1. The third kappa shape index (κ3) is 2.98. The first kappa shape index (κ1) is 11.0. The lowest BCUT2D eigenvalue weighted by atomic mass is 9.93. The van der Waals surface area contributed by atoms with Crippen LogP contribution in [0.1, 0.15) is 53.4 Å². The van der Waals surface area contributed by atoms with Crippen LogP contribution in [0.2, 0.25) is 0 Å². The third-order valence-corrected chi connectivity index (χ3v) is 2.95. The molecule has 2 rings (SSSR count). The van der Waals surface area contributed by atoms with Crippen molar-refractivity contribution in [2.45, 2.75) is 65.5 Å². The minimum atomic E-state index is 0.890. The molecule has 1 heterocycles. The summed E-state index contributed by atoms with van der Waals surface area (Å²) in [6.45, 7) is 10.1. The average Bonchev–Trinajstić information content (AvgIpc) is 2.86. The van der Waals surface area contributed by atoms with E-state index >= 15 is 0 Å². The van der Waals surface area contributed by atoms with Gasteiger partial charge in [0, 0.05) is 18.6 Å². The Balaban J connectivity index is 0.000000396. The van der Waals surface area contributed by atoms with Crippen LogP contribution < -0.4 is 0 Å². The Morgan fingerprint density at radius 1 is 1.15 bits per heavy atom. The highest BCUT2D eigenvalue weighted by Crippen LogP contribution is 2.36. The van der Waals surface area contributed by atoms with Crippen molar-refractivity contribution < 1.29 is 0 Å². The molecule has 1 unspecified atom stereocenters. The Kier molecular flexibility index (Phi) is 4.24. The molecule has 2 aliphatic rings. The predicted molar refractivity (Wildman–Crippen MR) is 58.9 cm³/mol. The Bertz CT molecular complexity index is 138. The molecule has 1 atom stereocenters. The second-order valence-electron chi connectivity index (χ2n) is 4.54. The van der Waals surface area contributed by atoms with E-state index in [0.717, 1.165) is 18.0 Å². The van der Waals surface area contributed by atoms with E-state index < -0.39 is 0 Å². The van der Waals surface area contributed by atoms with Gasteiger partial charge < -0.3 is 0 Å². The minimum Gasteiger partial charge on any atom is -0.297 e. The lowest BCUT2D eigenvalue weighted by Crippen LogP contribution is -2.49.